The highest BCUT2D eigenvalue weighted by Gasteiger charge is 2.41. The molecule has 2 unspecified atom stereocenters. The maximum absolute atomic E-state index is 13.7. The van der Waals surface area contributed by atoms with E-state index in [-0.39, 0.29) is 24.3 Å². The molecule has 0 saturated carbocycles. The van der Waals surface area contributed by atoms with Crippen LogP contribution in [-0.4, -0.2) is 57.5 Å². The summed E-state index contributed by atoms with van der Waals surface area (Å²) in [6, 6.07) is 17.0. The first-order valence-corrected chi connectivity index (χ1v) is 10.8. The first-order valence-electron chi connectivity index (χ1n) is 10.8. The van der Waals surface area contributed by atoms with Crippen LogP contribution in [0.1, 0.15) is 36.8 Å². The van der Waals surface area contributed by atoms with Crippen molar-refractivity contribution in [3.63, 3.8) is 0 Å². The number of benzene rings is 2. The molecule has 0 radical (unpaired) electrons. The van der Waals surface area contributed by atoms with E-state index in [4.69, 9.17) is 9.72 Å². The van der Waals surface area contributed by atoms with Gasteiger partial charge in [0.2, 0.25) is 11.8 Å². The van der Waals surface area contributed by atoms with Gasteiger partial charge in [0.15, 0.2) is 0 Å². The molecule has 5 rings (SSSR count). The van der Waals surface area contributed by atoms with E-state index in [2.05, 4.69) is 0 Å². The van der Waals surface area contributed by atoms with Gasteiger partial charge in [0.25, 0.3) is 0 Å². The van der Waals surface area contributed by atoms with Gasteiger partial charge in [-0.15, -0.1) is 0 Å². The normalized spacial score (nSPS) is 21.4. The molecule has 0 aliphatic carbocycles. The molecule has 1 fully saturated rings. The van der Waals surface area contributed by atoms with E-state index in [0.29, 0.717) is 32.8 Å². The lowest BCUT2D eigenvalue weighted by Crippen LogP contribution is -2.47. The number of hydrogen-bond donors (Lipinski definition) is 0. The molecule has 31 heavy (non-hydrogen) atoms. The zero-order chi connectivity index (χ0) is 21.4. The number of carbonyl (C=O) groups excluding carboxylic acids is 2. The van der Waals surface area contributed by atoms with Gasteiger partial charge in [-0.05, 0) is 24.6 Å². The number of aromatic nitrogens is 2. The molecule has 3 aromatic rings. The summed E-state index contributed by atoms with van der Waals surface area (Å²) < 4.78 is 7.36. The second-order valence-electron chi connectivity index (χ2n) is 8.17. The summed E-state index contributed by atoms with van der Waals surface area (Å²) in [7, 11) is 0. The summed E-state index contributed by atoms with van der Waals surface area (Å²) in [6.07, 6.45) is 0.129. The number of fused-ring (bicyclic) bond motifs is 3. The fourth-order valence-corrected chi connectivity index (χ4v) is 4.60. The zero-order valence-corrected chi connectivity index (χ0v) is 17.6. The molecule has 160 valence electrons. The quantitative estimate of drug-likeness (QED) is 0.653. The fourth-order valence-electron chi connectivity index (χ4n) is 4.60. The predicted molar refractivity (Wildman–Crippen MR) is 116 cm³/mol. The van der Waals surface area contributed by atoms with Crippen LogP contribution in [0.5, 0.6) is 0 Å². The number of morpholine rings is 1. The number of carbonyl (C=O) groups is 2. The second kappa shape index (κ2) is 8.15. The molecule has 2 aliphatic heterocycles. The minimum atomic E-state index is -0.599. The summed E-state index contributed by atoms with van der Waals surface area (Å²) >= 11 is 0. The van der Waals surface area contributed by atoms with Crippen LogP contribution in [0.15, 0.2) is 54.6 Å². The Labute approximate surface area is 181 Å². The van der Waals surface area contributed by atoms with Crippen molar-refractivity contribution in [2.75, 3.05) is 26.3 Å². The molecule has 0 spiro atoms. The lowest BCUT2D eigenvalue weighted by Gasteiger charge is -2.39. The second-order valence-corrected chi connectivity index (χ2v) is 8.17. The lowest BCUT2D eigenvalue weighted by molar-refractivity contribution is -0.146. The van der Waals surface area contributed by atoms with Crippen LogP contribution in [0.25, 0.3) is 11.0 Å². The van der Waals surface area contributed by atoms with Gasteiger partial charge in [-0.3, -0.25) is 9.59 Å². The van der Waals surface area contributed by atoms with Crippen molar-refractivity contribution in [2.24, 2.45) is 0 Å². The van der Waals surface area contributed by atoms with Crippen molar-refractivity contribution in [1.82, 2.24) is 19.4 Å². The van der Waals surface area contributed by atoms with Crippen molar-refractivity contribution in [2.45, 2.75) is 32.0 Å². The first kappa shape index (κ1) is 19.8. The fraction of sp³-hybridized carbons (Fsp3) is 0.375. The van der Waals surface area contributed by atoms with E-state index in [1.807, 2.05) is 71.0 Å². The van der Waals surface area contributed by atoms with Crippen LogP contribution in [0, 0.1) is 0 Å². The third-order valence-electron chi connectivity index (χ3n) is 6.27. The number of nitrogens with zero attached hydrogens (tertiary/aromatic N) is 4. The Morgan fingerprint density at radius 3 is 2.55 bits per heavy atom. The predicted octanol–water partition coefficient (Wildman–Crippen LogP) is 2.93. The standard InChI is InChI=1S/C24H26N4O3/c1-17-23-25-19-9-5-6-10-20(19)28(23)21(15-22(29)26-11-13-31-14-12-26)24(30)27(17)16-18-7-3-2-4-8-18/h2-10,17,21H,11-16H2,1H3. The monoisotopic (exact) mass is 418 g/mol. The summed E-state index contributed by atoms with van der Waals surface area (Å²) in [5.74, 6) is 0.782. The first-order chi connectivity index (χ1) is 15.1. The molecular weight excluding hydrogens is 392 g/mol. The Hall–Kier alpha value is -3.19. The number of ether oxygens (including phenoxy) is 1. The van der Waals surface area contributed by atoms with E-state index in [1.165, 1.54) is 0 Å². The van der Waals surface area contributed by atoms with Crippen LogP contribution in [-0.2, 0) is 20.9 Å². The minimum absolute atomic E-state index is 0.0143. The summed E-state index contributed by atoms with van der Waals surface area (Å²) in [5, 5.41) is 0. The smallest absolute Gasteiger partial charge is 0.247 e. The maximum Gasteiger partial charge on any atom is 0.247 e. The summed E-state index contributed by atoms with van der Waals surface area (Å²) in [6.45, 7) is 4.73. The molecule has 1 saturated heterocycles. The van der Waals surface area contributed by atoms with Crippen LogP contribution >= 0.6 is 0 Å². The Bertz CT molecular complexity index is 1100. The molecule has 7 heteroatoms. The third-order valence-corrected chi connectivity index (χ3v) is 6.27. The highest BCUT2D eigenvalue weighted by molar-refractivity contribution is 5.91. The van der Waals surface area contributed by atoms with Crippen molar-refractivity contribution in [1.29, 1.82) is 0 Å². The van der Waals surface area contributed by atoms with Crippen molar-refractivity contribution >= 4 is 22.8 Å². The number of hydrogen-bond acceptors (Lipinski definition) is 4. The van der Waals surface area contributed by atoms with E-state index >= 15 is 0 Å². The molecule has 2 amide bonds. The Kier molecular flexibility index (Phi) is 5.19. The molecule has 0 bridgehead atoms. The molecule has 2 atom stereocenters. The average Bonchev–Trinajstić information content (AvgIpc) is 3.20. The van der Waals surface area contributed by atoms with Gasteiger partial charge < -0.3 is 19.1 Å². The highest BCUT2D eigenvalue weighted by Crippen LogP contribution is 2.37. The average molecular weight is 418 g/mol. The number of para-hydroxylation sites is 2. The number of amides is 2. The van der Waals surface area contributed by atoms with Crippen molar-refractivity contribution in [3.05, 3.63) is 66.0 Å². The Balaban J connectivity index is 1.53. The summed E-state index contributed by atoms with van der Waals surface area (Å²) in [4.78, 5) is 35.3. The van der Waals surface area contributed by atoms with Gasteiger partial charge in [0.05, 0.1) is 36.7 Å². The molecule has 7 nitrogen and oxygen atoms in total. The number of imidazole rings is 1. The van der Waals surface area contributed by atoms with E-state index in [0.717, 1.165) is 22.4 Å². The van der Waals surface area contributed by atoms with E-state index in [9.17, 15) is 9.59 Å². The molecular formula is C24H26N4O3. The zero-order valence-electron chi connectivity index (χ0n) is 17.6. The third kappa shape index (κ3) is 3.59. The van der Waals surface area contributed by atoms with Crippen LogP contribution < -0.4 is 0 Å². The van der Waals surface area contributed by atoms with Gasteiger partial charge in [-0.25, -0.2) is 4.98 Å². The van der Waals surface area contributed by atoms with Gasteiger partial charge >= 0.3 is 0 Å². The van der Waals surface area contributed by atoms with Crippen molar-refractivity contribution in [3.8, 4) is 0 Å². The largest absolute Gasteiger partial charge is 0.378 e. The van der Waals surface area contributed by atoms with Crippen LogP contribution in [0.4, 0.5) is 0 Å². The molecule has 1 aromatic heterocycles. The van der Waals surface area contributed by atoms with Gasteiger partial charge in [-0.2, -0.15) is 0 Å². The van der Waals surface area contributed by atoms with Gasteiger partial charge in [-0.1, -0.05) is 42.5 Å². The molecule has 2 aliphatic rings. The lowest BCUT2D eigenvalue weighted by atomic mass is 10.0. The molecule has 3 heterocycles. The Morgan fingerprint density at radius 1 is 1.06 bits per heavy atom. The van der Waals surface area contributed by atoms with Crippen molar-refractivity contribution < 1.29 is 14.3 Å². The maximum atomic E-state index is 13.7. The van der Waals surface area contributed by atoms with Gasteiger partial charge in [0.1, 0.15) is 11.9 Å². The molecule has 0 N–H and O–H groups in total. The van der Waals surface area contributed by atoms with E-state index < -0.39 is 6.04 Å². The van der Waals surface area contributed by atoms with E-state index in [1.54, 1.807) is 4.90 Å². The van der Waals surface area contributed by atoms with Crippen LogP contribution in [0.3, 0.4) is 0 Å². The minimum Gasteiger partial charge on any atom is -0.378 e. The Morgan fingerprint density at radius 2 is 1.77 bits per heavy atom. The highest BCUT2D eigenvalue weighted by atomic mass is 16.5. The SMILES string of the molecule is CC1c2nc3ccccc3n2C(CC(=O)N2CCOCC2)C(=O)N1Cc1ccccc1. The number of rotatable bonds is 4. The summed E-state index contributed by atoms with van der Waals surface area (Å²) in [5.41, 5.74) is 2.81. The molecule has 2 aromatic carbocycles. The topological polar surface area (TPSA) is 67.7 Å². The van der Waals surface area contributed by atoms with Crippen LogP contribution in [0.2, 0.25) is 0 Å². The van der Waals surface area contributed by atoms with Gasteiger partial charge in [0, 0.05) is 19.6 Å².